The Balaban J connectivity index is 0.000000192. The van der Waals surface area contributed by atoms with Gasteiger partial charge in [0.15, 0.2) is 0 Å². The normalized spacial score (nSPS) is 14.2. The van der Waals surface area contributed by atoms with Crippen LogP contribution >= 0.6 is 0 Å². The Labute approximate surface area is 198 Å². The van der Waals surface area contributed by atoms with Gasteiger partial charge in [-0.15, -0.1) is 0 Å². The average molecular weight is 471 g/mol. The molecule has 0 saturated carbocycles. The molecule has 0 spiro atoms. The predicted octanol–water partition coefficient (Wildman–Crippen LogP) is 2.69. The third-order valence-electron chi connectivity index (χ3n) is 6.22. The number of hydrogen-bond donors (Lipinski definition) is 1. The summed E-state index contributed by atoms with van der Waals surface area (Å²) < 4.78 is 10.5. The highest BCUT2D eigenvalue weighted by atomic mass is 16.6. The Bertz CT molecular complexity index is 1120. The number of hydrogen-bond acceptors (Lipinski definition) is 7. The molecule has 2 aliphatic rings. The largest absolute Gasteiger partial charge is 0.494 e. The lowest BCUT2D eigenvalue weighted by Gasteiger charge is -2.29. The van der Waals surface area contributed by atoms with Gasteiger partial charge in [-0.05, 0) is 30.0 Å². The molecule has 10 nitrogen and oxygen atoms in total. The molecule has 0 aromatic heterocycles. The third-order valence-corrected chi connectivity index (χ3v) is 6.22. The number of methoxy groups -OCH3 is 2. The number of nitrogens with two attached hydrogens (primary N) is 1. The zero-order chi connectivity index (χ0) is 25.0. The number of carbonyl (C=O) groups excluding carboxylic acids is 2. The van der Waals surface area contributed by atoms with Gasteiger partial charge in [-0.1, -0.05) is 12.1 Å². The lowest BCUT2D eigenvalue weighted by Crippen LogP contribution is -2.34. The summed E-state index contributed by atoms with van der Waals surface area (Å²) in [7, 11) is 3.02. The molecule has 2 amide bonds. The topological polar surface area (TPSA) is 128 Å². The molecular weight excluding hydrogens is 440 g/mol. The van der Waals surface area contributed by atoms with Gasteiger partial charge >= 0.3 is 5.69 Å². The number of nitro benzene ring substituents is 1. The second-order valence-electron chi connectivity index (χ2n) is 8.22. The lowest BCUT2D eigenvalue weighted by molar-refractivity contribution is -0.385. The van der Waals surface area contributed by atoms with E-state index in [0.29, 0.717) is 37.5 Å². The number of ether oxygens (including phenoxy) is 2. The van der Waals surface area contributed by atoms with E-state index < -0.39 is 4.92 Å². The second kappa shape index (κ2) is 10.4. The van der Waals surface area contributed by atoms with Crippen molar-refractivity contribution in [3.05, 3.63) is 56.6 Å². The monoisotopic (exact) mass is 470 g/mol. The molecule has 4 rings (SSSR count). The van der Waals surface area contributed by atoms with E-state index >= 15 is 0 Å². The molecule has 0 bridgehead atoms. The van der Waals surface area contributed by atoms with Crippen LogP contribution in [0.15, 0.2) is 24.3 Å². The summed E-state index contributed by atoms with van der Waals surface area (Å²) in [4.78, 5) is 36.7. The van der Waals surface area contributed by atoms with E-state index in [-0.39, 0.29) is 23.3 Å². The summed E-state index contributed by atoms with van der Waals surface area (Å²) in [5.41, 5.74) is 10.4. The number of anilines is 1. The summed E-state index contributed by atoms with van der Waals surface area (Å²) in [5.74, 6) is 1.04. The number of nitrogens with zero attached hydrogens (tertiary/aromatic N) is 3. The van der Waals surface area contributed by atoms with Gasteiger partial charge in [0.1, 0.15) is 5.75 Å². The van der Waals surface area contributed by atoms with E-state index in [1.807, 2.05) is 17.0 Å². The lowest BCUT2D eigenvalue weighted by atomic mass is 9.98. The number of fused-ring (bicyclic) bond motifs is 2. The van der Waals surface area contributed by atoms with E-state index in [0.717, 1.165) is 29.7 Å². The maximum Gasteiger partial charge on any atom is 0.311 e. The summed E-state index contributed by atoms with van der Waals surface area (Å²) in [5, 5.41) is 10.9. The van der Waals surface area contributed by atoms with Gasteiger partial charge < -0.3 is 25.0 Å². The van der Waals surface area contributed by atoms with Crippen LogP contribution in [-0.2, 0) is 35.5 Å². The van der Waals surface area contributed by atoms with Gasteiger partial charge in [0.05, 0.1) is 24.8 Å². The summed E-state index contributed by atoms with van der Waals surface area (Å²) in [6, 6.07) is 7.08. The van der Waals surface area contributed by atoms with Crippen molar-refractivity contribution in [2.75, 3.05) is 33.0 Å². The minimum Gasteiger partial charge on any atom is -0.494 e. The van der Waals surface area contributed by atoms with Crippen LogP contribution in [0.1, 0.15) is 36.1 Å². The predicted molar refractivity (Wildman–Crippen MR) is 127 cm³/mol. The van der Waals surface area contributed by atoms with Gasteiger partial charge in [-0.25, -0.2) is 0 Å². The van der Waals surface area contributed by atoms with Crippen LogP contribution in [-0.4, -0.2) is 53.8 Å². The maximum atomic E-state index is 11.4. The summed E-state index contributed by atoms with van der Waals surface area (Å²) >= 11 is 0. The maximum absolute atomic E-state index is 11.4. The average Bonchev–Trinajstić information content (AvgIpc) is 2.82. The van der Waals surface area contributed by atoms with E-state index in [1.54, 1.807) is 25.0 Å². The Kier molecular flexibility index (Phi) is 7.60. The minimum atomic E-state index is -0.466. The molecule has 0 aliphatic carbocycles. The molecule has 2 aliphatic heterocycles. The van der Waals surface area contributed by atoms with Crippen LogP contribution in [0.2, 0.25) is 0 Å². The van der Waals surface area contributed by atoms with Crippen molar-refractivity contribution >= 4 is 23.2 Å². The Morgan fingerprint density at radius 2 is 1.35 bits per heavy atom. The third kappa shape index (κ3) is 5.05. The van der Waals surface area contributed by atoms with E-state index in [4.69, 9.17) is 15.2 Å². The number of nitro groups is 1. The summed E-state index contributed by atoms with van der Waals surface area (Å²) in [6.07, 6.45) is 1.56. The standard InChI is InChI=1S/C12H14N2O4.C12H16N2O2/c1-8(15)13-6-5-9-3-4-11(14(16)17)12(18-2)10(9)7-13;1-8(15)14-6-5-9-3-4-11(13)12(16-2)10(9)7-14/h3-4H,5-7H2,1-2H3;3-4H,5-7,13H2,1-2H3. The van der Waals surface area contributed by atoms with Gasteiger partial charge in [0.2, 0.25) is 17.6 Å². The Morgan fingerprint density at radius 1 is 0.882 bits per heavy atom. The fourth-order valence-electron chi connectivity index (χ4n) is 4.36. The SMILES string of the molecule is COc1c(N)ccc2c1CN(C(C)=O)CC2.COc1c([N+](=O)[O-])ccc2c1CN(C(C)=O)CC2. The first-order chi connectivity index (χ1) is 16.2. The minimum absolute atomic E-state index is 0.0331. The van der Waals surface area contributed by atoms with Crippen molar-refractivity contribution in [1.29, 1.82) is 0 Å². The fourth-order valence-corrected chi connectivity index (χ4v) is 4.36. The van der Waals surface area contributed by atoms with Crippen molar-refractivity contribution in [3.8, 4) is 11.5 Å². The molecule has 0 fully saturated rings. The van der Waals surface area contributed by atoms with Crippen LogP contribution in [0.5, 0.6) is 11.5 Å². The molecule has 0 radical (unpaired) electrons. The highest BCUT2D eigenvalue weighted by molar-refractivity contribution is 5.75. The first kappa shape index (κ1) is 24.8. The van der Waals surface area contributed by atoms with Crippen molar-refractivity contribution < 1.29 is 24.0 Å². The fraction of sp³-hybridized carbons (Fsp3) is 0.417. The molecule has 0 atom stereocenters. The number of carbonyl (C=O) groups is 2. The molecule has 2 aromatic rings. The van der Waals surface area contributed by atoms with E-state index in [1.165, 1.54) is 25.7 Å². The molecule has 182 valence electrons. The van der Waals surface area contributed by atoms with Crippen LogP contribution in [0.25, 0.3) is 0 Å². The smallest absolute Gasteiger partial charge is 0.311 e. The number of amides is 2. The van der Waals surface area contributed by atoms with Crippen molar-refractivity contribution in [3.63, 3.8) is 0 Å². The zero-order valence-corrected chi connectivity index (χ0v) is 19.9. The van der Waals surface area contributed by atoms with Gasteiger partial charge in [0, 0.05) is 57.2 Å². The van der Waals surface area contributed by atoms with Gasteiger partial charge in [0.25, 0.3) is 0 Å². The molecule has 2 heterocycles. The van der Waals surface area contributed by atoms with Crippen LogP contribution in [0.3, 0.4) is 0 Å². The van der Waals surface area contributed by atoms with Crippen molar-refractivity contribution in [2.24, 2.45) is 0 Å². The van der Waals surface area contributed by atoms with Crippen molar-refractivity contribution in [2.45, 2.75) is 39.8 Å². The Morgan fingerprint density at radius 3 is 1.79 bits per heavy atom. The molecule has 2 aromatic carbocycles. The molecular formula is C24H30N4O6. The molecule has 0 unspecified atom stereocenters. The Hall–Kier alpha value is -3.82. The van der Waals surface area contributed by atoms with Crippen LogP contribution in [0.4, 0.5) is 11.4 Å². The highest BCUT2D eigenvalue weighted by Gasteiger charge is 2.27. The van der Waals surface area contributed by atoms with Gasteiger partial charge in [-0.2, -0.15) is 0 Å². The highest BCUT2D eigenvalue weighted by Crippen LogP contribution is 2.36. The summed E-state index contributed by atoms with van der Waals surface area (Å²) in [6.45, 7) is 5.46. The molecule has 10 heteroatoms. The number of rotatable bonds is 3. The molecule has 2 N–H and O–H groups in total. The van der Waals surface area contributed by atoms with Gasteiger partial charge in [-0.3, -0.25) is 19.7 Å². The molecule has 34 heavy (non-hydrogen) atoms. The van der Waals surface area contributed by atoms with Crippen molar-refractivity contribution in [1.82, 2.24) is 9.80 Å². The zero-order valence-electron chi connectivity index (χ0n) is 19.9. The second-order valence-corrected chi connectivity index (χ2v) is 8.22. The van der Waals surface area contributed by atoms with E-state index in [2.05, 4.69) is 0 Å². The molecule has 0 saturated heterocycles. The quantitative estimate of drug-likeness (QED) is 0.415. The first-order valence-corrected chi connectivity index (χ1v) is 11.0. The van der Waals surface area contributed by atoms with E-state index in [9.17, 15) is 19.7 Å². The number of benzene rings is 2. The first-order valence-electron chi connectivity index (χ1n) is 11.0. The number of nitrogen functional groups attached to an aromatic ring is 1. The van der Waals surface area contributed by atoms with Crippen LogP contribution < -0.4 is 15.2 Å². The van der Waals surface area contributed by atoms with Crippen LogP contribution in [0, 0.1) is 10.1 Å².